The van der Waals surface area contributed by atoms with Crippen molar-refractivity contribution < 1.29 is 18.0 Å². The van der Waals surface area contributed by atoms with Crippen molar-refractivity contribution in [1.29, 1.82) is 0 Å². The van der Waals surface area contributed by atoms with Gasteiger partial charge in [-0.1, -0.05) is 57.2 Å². The van der Waals surface area contributed by atoms with E-state index in [0.29, 0.717) is 22.6 Å². The summed E-state index contributed by atoms with van der Waals surface area (Å²) < 4.78 is 25.9. The lowest BCUT2D eigenvalue weighted by Gasteiger charge is -2.28. The Morgan fingerprint density at radius 1 is 0.829 bits per heavy atom. The van der Waals surface area contributed by atoms with Crippen molar-refractivity contribution >= 4 is 38.9 Å². The lowest BCUT2D eigenvalue weighted by atomic mass is 9.87. The van der Waals surface area contributed by atoms with Crippen LogP contribution in [0.4, 0.5) is 17.1 Å². The Morgan fingerprint density at radius 3 is 1.94 bits per heavy atom. The second kappa shape index (κ2) is 10.3. The molecule has 0 aliphatic heterocycles. The SMILES string of the molecule is C[C@@H](C(=O)Nc1cccc(NC(=O)c2ccc(C(C)(C)C)cc2)c1)N(c1ccccc1)S(C)(=O)=O. The zero-order chi connectivity index (χ0) is 25.8. The summed E-state index contributed by atoms with van der Waals surface area (Å²) in [5.74, 6) is -0.768. The minimum absolute atomic E-state index is 0.00806. The van der Waals surface area contributed by atoms with E-state index < -0.39 is 22.0 Å². The van der Waals surface area contributed by atoms with E-state index in [4.69, 9.17) is 0 Å². The van der Waals surface area contributed by atoms with Crippen LogP contribution in [0.15, 0.2) is 78.9 Å². The molecule has 0 bridgehead atoms. The summed E-state index contributed by atoms with van der Waals surface area (Å²) >= 11 is 0. The van der Waals surface area contributed by atoms with Gasteiger partial charge in [0.15, 0.2) is 0 Å². The first-order valence-corrected chi connectivity index (χ1v) is 13.1. The molecular weight excluding hydrogens is 462 g/mol. The van der Waals surface area contributed by atoms with Gasteiger partial charge in [0.25, 0.3) is 5.91 Å². The van der Waals surface area contributed by atoms with Crippen LogP contribution in [0.5, 0.6) is 0 Å². The molecule has 1 atom stereocenters. The highest BCUT2D eigenvalue weighted by Crippen LogP contribution is 2.24. The van der Waals surface area contributed by atoms with Crippen LogP contribution in [-0.2, 0) is 20.2 Å². The Kier molecular flexibility index (Phi) is 7.65. The van der Waals surface area contributed by atoms with Gasteiger partial charge in [0.1, 0.15) is 6.04 Å². The minimum atomic E-state index is -3.71. The van der Waals surface area contributed by atoms with Crippen molar-refractivity contribution in [2.45, 2.75) is 39.2 Å². The molecule has 3 aromatic carbocycles. The Bertz CT molecular complexity index is 1300. The molecule has 0 radical (unpaired) electrons. The highest BCUT2D eigenvalue weighted by atomic mass is 32.2. The van der Waals surface area contributed by atoms with Gasteiger partial charge in [-0.25, -0.2) is 8.42 Å². The van der Waals surface area contributed by atoms with Crippen LogP contribution >= 0.6 is 0 Å². The number of hydrogen-bond donors (Lipinski definition) is 2. The summed E-state index contributed by atoms with van der Waals surface area (Å²) in [5.41, 5.74) is 2.98. The Hall–Kier alpha value is -3.65. The topological polar surface area (TPSA) is 95.6 Å². The normalized spacial score (nSPS) is 12.5. The molecule has 3 rings (SSSR count). The minimum Gasteiger partial charge on any atom is -0.324 e. The van der Waals surface area contributed by atoms with Crippen LogP contribution in [0, 0.1) is 0 Å². The second-order valence-corrected chi connectivity index (χ2v) is 11.3. The van der Waals surface area contributed by atoms with E-state index in [1.54, 1.807) is 66.7 Å². The van der Waals surface area contributed by atoms with Crippen LogP contribution in [0.2, 0.25) is 0 Å². The van der Waals surface area contributed by atoms with Crippen molar-refractivity contribution in [3.63, 3.8) is 0 Å². The zero-order valence-electron chi connectivity index (χ0n) is 20.6. The van der Waals surface area contributed by atoms with Gasteiger partial charge in [0.2, 0.25) is 15.9 Å². The van der Waals surface area contributed by atoms with E-state index in [1.807, 2.05) is 12.1 Å². The van der Waals surface area contributed by atoms with E-state index in [2.05, 4.69) is 31.4 Å². The van der Waals surface area contributed by atoms with Gasteiger partial charge < -0.3 is 10.6 Å². The first-order chi connectivity index (χ1) is 16.4. The number of para-hydroxylation sites is 1. The predicted octanol–water partition coefficient (Wildman–Crippen LogP) is 5.03. The Morgan fingerprint density at radius 2 is 1.40 bits per heavy atom. The molecule has 0 saturated heterocycles. The monoisotopic (exact) mass is 493 g/mol. The molecule has 0 aliphatic carbocycles. The lowest BCUT2D eigenvalue weighted by molar-refractivity contribution is -0.116. The van der Waals surface area contributed by atoms with Crippen molar-refractivity contribution in [1.82, 2.24) is 0 Å². The molecule has 8 heteroatoms. The molecule has 0 saturated carbocycles. The van der Waals surface area contributed by atoms with E-state index in [9.17, 15) is 18.0 Å². The van der Waals surface area contributed by atoms with Gasteiger partial charge >= 0.3 is 0 Å². The third-order valence-corrected chi connectivity index (χ3v) is 6.74. The first-order valence-electron chi connectivity index (χ1n) is 11.2. The summed E-state index contributed by atoms with van der Waals surface area (Å²) in [6, 6.07) is 21.6. The fraction of sp³-hybridized carbons (Fsp3) is 0.259. The number of rotatable bonds is 7. The summed E-state index contributed by atoms with van der Waals surface area (Å²) in [4.78, 5) is 25.6. The van der Waals surface area contributed by atoms with Gasteiger partial charge in [0.05, 0.1) is 11.9 Å². The number of benzene rings is 3. The van der Waals surface area contributed by atoms with Crippen molar-refractivity contribution in [2.75, 3.05) is 21.2 Å². The van der Waals surface area contributed by atoms with Crippen LogP contribution in [0.3, 0.4) is 0 Å². The highest BCUT2D eigenvalue weighted by Gasteiger charge is 2.29. The number of nitrogens with zero attached hydrogens (tertiary/aromatic N) is 1. The molecule has 0 spiro atoms. The molecule has 7 nitrogen and oxygen atoms in total. The quantitative estimate of drug-likeness (QED) is 0.483. The summed E-state index contributed by atoms with van der Waals surface area (Å²) in [7, 11) is -3.71. The molecule has 0 fully saturated rings. The third-order valence-electron chi connectivity index (χ3n) is 5.50. The van der Waals surface area contributed by atoms with E-state index in [-0.39, 0.29) is 11.3 Å². The number of anilines is 3. The van der Waals surface area contributed by atoms with Crippen LogP contribution < -0.4 is 14.9 Å². The maximum absolute atomic E-state index is 12.9. The molecule has 0 unspecified atom stereocenters. The molecule has 184 valence electrons. The maximum atomic E-state index is 12.9. The smallest absolute Gasteiger partial charge is 0.255 e. The van der Waals surface area contributed by atoms with Crippen LogP contribution in [0.25, 0.3) is 0 Å². The standard InChI is InChI=1S/C27H31N3O4S/c1-19(30(35(5,33)34)24-12-7-6-8-13-24)25(31)28-22-10-9-11-23(18-22)29-26(32)20-14-16-21(17-15-20)27(2,3)4/h6-19H,1-5H3,(H,28,31)(H,29,32)/t19-/m0/s1. The van der Waals surface area contributed by atoms with Gasteiger partial charge in [0, 0.05) is 16.9 Å². The lowest BCUT2D eigenvalue weighted by Crippen LogP contribution is -2.45. The average molecular weight is 494 g/mol. The van der Waals surface area contributed by atoms with Gasteiger partial charge in [-0.15, -0.1) is 0 Å². The number of nitrogens with one attached hydrogen (secondary N) is 2. The molecule has 0 aliphatic rings. The molecule has 35 heavy (non-hydrogen) atoms. The largest absolute Gasteiger partial charge is 0.324 e. The Labute approximate surface area is 207 Å². The maximum Gasteiger partial charge on any atom is 0.255 e. The number of sulfonamides is 1. The fourth-order valence-corrected chi connectivity index (χ4v) is 4.80. The summed E-state index contributed by atoms with van der Waals surface area (Å²) in [5, 5.41) is 5.58. The molecule has 2 amide bonds. The van der Waals surface area contributed by atoms with E-state index in [1.165, 1.54) is 6.92 Å². The third kappa shape index (κ3) is 6.70. The van der Waals surface area contributed by atoms with Crippen LogP contribution in [0.1, 0.15) is 43.6 Å². The van der Waals surface area contributed by atoms with Crippen molar-refractivity contribution in [3.05, 3.63) is 90.0 Å². The number of carbonyl (C=O) groups is 2. The summed E-state index contributed by atoms with van der Waals surface area (Å²) in [6.07, 6.45) is 1.06. The van der Waals surface area contributed by atoms with E-state index in [0.717, 1.165) is 16.1 Å². The van der Waals surface area contributed by atoms with Gasteiger partial charge in [-0.3, -0.25) is 13.9 Å². The first kappa shape index (κ1) is 26.0. The van der Waals surface area contributed by atoms with Gasteiger partial charge in [-0.05, 0) is 60.4 Å². The fourth-order valence-electron chi connectivity index (χ4n) is 3.63. The van der Waals surface area contributed by atoms with E-state index >= 15 is 0 Å². The molecule has 2 N–H and O–H groups in total. The van der Waals surface area contributed by atoms with Crippen molar-refractivity contribution in [2.24, 2.45) is 0 Å². The zero-order valence-corrected chi connectivity index (χ0v) is 21.4. The number of amides is 2. The highest BCUT2D eigenvalue weighted by molar-refractivity contribution is 7.92. The van der Waals surface area contributed by atoms with Gasteiger partial charge in [-0.2, -0.15) is 0 Å². The Balaban J connectivity index is 1.73. The molecular formula is C27H31N3O4S. The average Bonchev–Trinajstić information content (AvgIpc) is 2.78. The van der Waals surface area contributed by atoms with Crippen molar-refractivity contribution in [3.8, 4) is 0 Å². The molecule has 3 aromatic rings. The molecule has 0 aromatic heterocycles. The number of hydrogen-bond acceptors (Lipinski definition) is 4. The molecule has 0 heterocycles. The second-order valence-electron chi connectivity index (χ2n) is 9.42. The predicted molar refractivity (Wildman–Crippen MR) is 141 cm³/mol. The van der Waals surface area contributed by atoms with Crippen LogP contribution in [-0.4, -0.2) is 32.5 Å². The number of carbonyl (C=O) groups excluding carboxylic acids is 2. The summed E-state index contributed by atoms with van der Waals surface area (Å²) in [6.45, 7) is 7.85.